The number of nitrogens with zero attached hydrogens (tertiary/aromatic N) is 1. The van der Waals surface area contributed by atoms with E-state index in [2.05, 4.69) is 10.6 Å². The van der Waals surface area contributed by atoms with Gasteiger partial charge in [-0.25, -0.2) is 0 Å². The molecule has 0 saturated carbocycles. The van der Waals surface area contributed by atoms with Crippen molar-refractivity contribution < 1.29 is 9.59 Å². The molecule has 2 amide bonds. The number of aryl methyl sites for hydroxylation is 1. The summed E-state index contributed by atoms with van der Waals surface area (Å²) in [5.74, 6) is -0.767. The van der Waals surface area contributed by atoms with Gasteiger partial charge in [-0.2, -0.15) is 0 Å². The predicted molar refractivity (Wildman–Crippen MR) is 90.8 cm³/mol. The number of hydrogen-bond donors (Lipinski definition) is 2. The van der Waals surface area contributed by atoms with E-state index in [4.69, 9.17) is 0 Å². The van der Waals surface area contributed by atoms with Crippen molar-refractivity contribution in [3.05, 3.63) is 64.6 Å². The molecule has 24 heavy (non-hydrogen) atoms. The highest BCUT2D eigenvalue weighted by atomic mass is 16.2. The van der Waals surface area contributed by atoms with E-state index in [0.717, 1.165) is 5.56 Å². The highest BCUT2D eigenvalue weighted by Crippen LogP contribution is 2.31. The van der Waals surface area contributed by atoms with Crippen LogP contribution in [0.4, 0.5) is 5.69 Å². The largest absolute Gasteiger partial charge is 0.355 e. The van der Waals surface area contributed by atoms with E-state index in [9.17, 15) is 14.4 Å². The number of nitrogens with one attached hydrogen (secondary N) is 2. The van der Waals surface area contributed by atoms with E-state index in [1.165, 1.54) is 6.07 Å². The van der Waals surface area contributed by atoms with Crippen molar-refractivity contribution in [2.45, 2.75) is 25.3 Å². The first-order valence-electron chi connectivity index (χ1n) is 7.97. The fourth-order valence-corrected chi connectivity index (χ4v) is 2.87. The number of carbonyl (C=O) groups excluding carboxylic acids is 2. The number of aromatic nitrogens is 1. The molecule has 0 unspecified atom stereocenters. The lowest BCUT2D eigenvalue weighted by Crippen LogP contribution is -2.35. The normalized spacial score (nSPS) is 16.2. The summed E-state index contributed by atoms with van der Waals surface area (Å²) >= 11 is 0. The van der Waals surface area contributed by atoms with Gasteiger partial charge in [0.1, 0.15) is 0 Å². The van der Waals surface area contributed by atoms with Crippen LogP contribution in [0, 0.1) is 0 Å². The quantitative estimate of drug-likeness (QED) is 0.817. The molecule has 0 fully saturated rings. The fourth-order valence-electron chi connectivity index (χ4n) is 2.87. The first kappa shape index (κ1) is 16.0. The first-order chi connectivity index (χ1) is 11.6. The topological polar surface area (TPSA) is 80.2 Å². The smallest absolute Gasteiger partial charge is 0.250 e. The van der Waals surface area contributed by atoms with Gasteiger partial charge >= 0.3 is 0 Å². The third-order valence-corrected chi connectivity index (χ3v) is 4.09. The number of para-hydroxylation sites is 1. The second kappa shape index (κ2) is 7.12. The Labute approximate surface area is 139 Å². The van der Waals surface area contributed by atoms with Crippen molar-refractivity contribution >= 4 is 17.5 Å². The number of pyridine rings is 1. The molecule has 0 aliphatic carbocycles. The van der Waals surface area contributed by atoms with Crippen molar-refractivity contribution in [3.63, 3.8) is 0 Å². The average Bonchev–Trinajstić information content (AvgIpc) is 2.59. The van der Waals surface area contributed by atoms with Crippen LogP contribution in [-0.2, 0) is 16.1 Å². The average molecular weight is 325 g/mol. The number of hydrogen-bond acceptors (Lipinski definition) is 3. The molecule has 6 nitrogen and oxygen atoms in total. The van der Waals surface area contributed by atoms with Gasteiger partial charge in [0.05, 0.1) is 5.92 Å². The molecule has 1 aromatic heterocycles. The SMILES string of the molecule is O=C1C[C@H](C(=O)NCCCn2ccccc2=O)c2ccccc2N1. The van der Waals surface area contributed by atoms with E-state index < -0.39 is 5.92 Å². The lowest BCUT2D eigenvalue weighted by atomic mass is 9.90. The zero-order valence-corrected chi connectivity index (χ0v) is 13.2. The Morgan fingerprint density at radius 1 is 1.17 bits per heavy atom. The van der Waals surface area contributed by atoms with Gasteiger partial charge in [-0.1, -0.05) is 24.3 Å². The Morgan fingerprint density at radius 3 is 2.79 bits per heavy atom. The molecule has 1 aliphatic rings. The van der Waals surface area contributed by atoms with Gasteiger partial charge in [0, 0.05) is 37.5 Å². The van der Waals surface area contributed by atoms with Gasteiger partial charge in [-0.15, -0.1) is 0 Å². The summed E-state index contributed by atoms with van der Waals surface area (Å²) in [5, 5.41) is 5.65. The zero-order valence-electron chi connectivity index (χ0n) is 13.2. The lowest BCUT2D eigenvalue weighted by molar-refractivity contribution is -0.126. The first-order valence-corrected chi connectivity index (χ1v) is 7.97. The summed E-state index contributed by atoms with van der Waals surface area (Å²) in [5.41, 5.74) is 1.49. The molecule has 0 spiro atoms. The molecule has 6 heteroatoms. The van der Waals surface area contributed by atoms with E-state index in [0.29, 0.717) is 25.2 Å². The van der Waals surface area contributed by atoms with Crippen LogP contribution >= 0.6 is 0 Å². The van der Waals surface area contributed by atoms with Crippen LogP contribution in [0.3, 0.4) is 0 Å². The van der Waals surface area contributed by atoms with Crippen LogP contribution in [0.5, 0.6) is 0 Å². The standard InChI is InChI=1S/C18H19N3O3/c22-16-12-14(13-6-1-2-7-15(13)20-16)18(24)19-9-5-11-21-10-4-3-8-17(21)23/h1-4,6-8,10,14H,5,9,11-12H2,(H,19,24)(H,20,22)/t14-/m0/s1. The molecule has 124 valence electrons. The monoisotopic (exact) mass is 325 g/mol. The molecular formula is C18H19N3O3. The molecule has 0 radical (unpaired) electrons. The maximum Gasteiger partial charge on any atom is 0.250 e. The van der Waals surface area contributed by atoms with Crippen molar-refractivity contribution in [2.24, 2.45) is 0 Å². The van der Waals surface area contributed by atoms with Gasteiger partial charge in [-0.05, 0) is 24.1 Å². The summed E-state index contributed by atoms with van der Waals surface area (Å²) in [4.78, 5) is 35.8. The molecule has 0 saturated heterocycles. The zero-order chi connectivity index (χ0) is 16.9. The van der Waals surface area contributed by atoms with Gasteiger partial charge in [-0.3, -0.25) is 14.4 Å². The molecular weight excluding hydrogens is 306 g/mol. The minimum atomic E-state index is -0.464. The highest BCUT2D eigenvalue weighted by molar-refractivity contribution is 6.01. The summed E-state index contributed by atoms with van der Waals surface area (Å²) < 4.78 is 1.61. The third-order valence-electron chi connectivity index (χ3n) is 4.09. The Balaban J connectivity index is 1.57. The minimum Gasteiger partial charge on any atom is -0.355 e. The van der Waals surface area contributed by atoms with Crippen LogP contribution in [0.15, 0.2) is 53.5 Å². The van der Waals surface area contributed by atoms with Crippen LogP contribution in [0.25, 0.3) is 0 Å². The molecule has 1 aromatic carbocycles. The van der Waals surface area contributed by atoms with Crippen molar-refractivity contribution in [1.29, 1.82) is 0 Å². The molecule has 2 aromatic rings. The number of rotatable bonds is 5. The van der Waals surface area contributed by atoms with E-state index in [-0.39, 0.29) is 23.8 Å². The predicted octanol–water partition coefficient (Wildman–Crippen LogP) is 1.48. The van der Waals surface area contributed by atoms with E-state index in [1.54, 1.807) is 29.0 Å². The lowest BCUT2D eigenvalue weighted by Gasteiger charge is -2.24. The Morgan fingerprint density at radius 2 is 1.96 bits per heavy atom. The number of fused-ring (bicyclic) bond motifs is 1. The number of carbonyl (C=O) groups is 2. The van der Waals surface area contributed by atoms with Crippen molar-refractivity contribution in [1.82, 2.24) is 9.88 Å². The highest BCUT2D eigenvalue weighted by Gasteiger charge is 2.29. The molecule has 1 aliphatic heterocycles. The van der Waals surface area contributed by atoms with Gasteiger partial charge in [0.25, 0.3) is 0 Å². The van der Waals surface area contributed by atoms with Crippen LogP contribution in [0.1, 0.15) is 24.3 Å². The number of amides is 2. The maximum absolute atomic E-state index is 12.4. The summed E-state index contributed by atoms with van der Waals surface area (Å²) in [6.07, 6.45) is 2.53. The summed E-state index contributed by atoms with van der Waals surface area (Å²) in [6, 6.07) is 12.4. The van der Waals surface area contributed by atoms with Crippen molar-refractivity contribution in [3.8, 4) is 0 Å². The molecule has 1 atom stereocenters. The number of anilines is 1. The van der Waals surface area contributed by atoms with Gasteiger partial charge < -0.3 is 15.2 Å². The van der Waals surface area contributed by atoms with Gasteiger partial charge in [0.2, 0.25) is 17.4 Å². The molecule has 0 bridgehead atoms. The van der Waals surface area contributed by atoms with E-state index in [1.807, 2.05) is 18.2 Å². The van der Waals surface area contributed by atoms with Crippen LogP contribution in [0.2, 0.25) is 0 Å². The Hall–Kier alpha value is -2.89. The van der Waals surface area contributed by atoms with Crippen LogP contribution < -0.4 is 16.2 Å². The molecule has 3 rings (SSSR count). The second-order valence-electron chi connectivity index (χ2n) is 5.77. The maximum atomic E-state index is 12.4. The molecule has 2 N–H and O–H groups in total. The minimum absolute atomic E-state index is 0.0540. The fraction of sp³-hybridized carbons (Fsp3) is 0.278. The van der Waals surface area contributed by atoms with Crippen molar-refractivity contribution in [2.75, 3.05) is 11.9 Å². The Kier molecular flexibility index (Phi) is 4.74. The summed E-state index contributed by atoms with van der Waals surface area (Å²) in [7, 11) is 0. The number of benzene rings is 1. The van der Waals surface area contributed by atoms with E-state index >= 15 is 0 Å². The third kappa shape index (κ3) is 3.53. The van der Waals surface area contributed by atoms with Crippen LogP contribution in [-0.4, -0.2) is 22.9 Å². The molecule has 2 heterocycles. The Bertz CT molecular complexity index is 813. The van der Waals surface area contributed by atoms with Gasteiger partial charge in [0.15, 0.2) is 0 Å². The summed E-state index contributed by atoms with van der Waals surface area (Å²) in [6.45, 7) is 1.00. The second-order valence-corrected chi connectivity index (χ2v) is 5.77.